The van der Waals surface area contributed by atoms with E-state index >= 15 is 0 Å². The van der Waals surface area contributed by atoms with Crippen molar-refractivity contribution in [3.05, 3.63) is 88.9 Å². The van der Waals surface area contributed by atoms with Crippen molar-refractivity contribution in [1.29, 1.82) is 0 Å². The van der Waals surface area contributed by atoms with Crippen molar-refractivity contribution in [2.75, 3.05) is 11.4 Å². The molecule has 0 bridgehead atoms. The number of ketones is 1. The van der Waals surface area contributed by atoms with Gasteiger partial charge in [0, 0.05) is 29.2 Å². The number of carbonyl (C=O) groups excluding carboxylic acids is 3. The maximum absolute atomic E-state index is 12.7. The third-order valence-electron chi connectivity index (χ3n) is 5.65. The summed E-state index contributed by atoms with van der Waals surface area (Å²) in [6.45, 7) is 3.72. The van der Waals surface area contributed by atoms with Crippen molar-refractivity contribution in [3.8, 4) is 11.5 Å². The SMILES string of the molecule is Cc1ccc(Oc2ccc(N3C[C@@H](C(=O)O[C@H](C)C(=O)c4ccc(Cl)cc4)CC3=O)cc2)cc1. The topological polar surface area (TPSA) is 72.9 Å². The first-order valence-corrected chi connectivity index (χ1v) is 11.3. The fourth-order valence-corrected chi connectivity index (χ4v) is 3.85. The molecule has 0 aromatic heterocycles. The number of Topliss-reactive ketones (excluding diaryl/α,β-unsaturated/α-hetero) is 1. The third kappa shape index (κ3) is 5.46. The standard InChI is InChI=1S/C27H24ClNO5/c1-17-3-11-23(12-4-17)34-24-13-9-22(10-14-24)29-16-20(15-25(29)30)27(32)33-18(2)26(31)19-5-7-21(28)8-6-19/h3-14,18,20H,15-16H2,1-2H3/t18-,20+/m1/s1. The van der Waals surface area contributed by atoms with Gasteiger partial charge in [0.25, 0.3) is 0 Å². The molecule has 0 aliphatic carbocycles. The van der Waals surface area contributed by atoms with Crippen LogP contribution in [0.3, 0.4) is 0 Å². The highest BCUT2D eigenvalue weighted by Crippen LogP contribution is 2.29. The maximum Gasteiger partial charge on any atom is 0.312 e. The smallest absolute Gasteiger partial charge is 0.312 e. The summed E-state index contributed by atoms with van der Waals surface area (Å²) in [5, 5.41) is 0.514. The number of hydrogen-bond acceptors (Lipinski definition) is 5. The van der Waals surface area contributed by atoms with Crippen LogP contribution in [0, 0.1) is 12.8 Å². The van der Waals surface area contributed by atoms with Crippen LogP contribution in [0.4, 0.5) is 5.69 Å². The average Bonchev–Trinajstić information content (AvgIpc) is 3.23. The van der Waals surface area contributed by atoms with Crippen molar-refractivity contribution in [2.24, 2.45) is 5.92 Å². The first-order valence-electron chi connectivity index (χ1n) is 11.0. The Balaban J connectivity index is 1.35. The highest BCUT2D eigenvalue weighted by Gasteiger charge is 2.37. The zero-order valence-corrected chi connectivity index (χ0v) is 19.6. The van der Waals surface area contributed by atoms with Crippen molar-refractivity contribution in [1.82, 2.24) is 0 Å². The summed E-state index contributed by atoms with van der Waals surface area (Å²) in [6, 6.07) is 21.2. The number of anilines is 1. The Morgan fingerprint density at radius 2 is 1.53 bits per heavy atom. The minimum Gasteiger partial charge on any atom is -0.457 e. The van der Waals surface area contributed by atoms with Gasteiger partial charge < -0.3 is 14.4 Å². The van der Waals surface area contributed by atoms with Gasteiger partial charge in [-0.2, -0.15) is 0 Å². The van der Waals surface area contributed by atoms with Gasteiger partial charge in [0.05, 0.1) is 5.92 Å². The van der Waals surface area contributed by atoms with Gasteiger partial charge in [0.2, 0.25) is 11.7 Å². The summed E-state index contributed by atoms with van der Waals surface area (Å²) in [4.78, 5) is 39.3. The van der Waals surface area contributed by atoms with Gasteiger partial charge in [0.1, 0.15) is 11.5 Å². The summed E-state index contributed by atoms with van der Waals surface area (Å²) in [6.07, 6.45) is -0.932. The molecule has 4 rings (SSSR count). The molecule has 0 saturated carbocycles. The fraction of sp³-hybridized carbons (Fsp3) is 0.222. The first kappa shape index (κ1) is 23.5. The predicted molar refractivity (Wildman–Crippen MR) is 129 cm³/mol. The van der Waals surface area contributed by atoms with Crippen LogP contribution in [0.5, 0.6) is 11.5 Å². The van der Waals surface area contributed by atoms with Crippen LogP contribution in [-0.2, 0) is 14.3 Å². The van der Waals surface area contributed by atoms with Crippen molar-refractivity contribution in [3.63, 3.8) is 0 Å². The Morgan fingerprint density at radius 3 is 2.15 bits per heavy atom. The lowest BCUT2D eigenvalue weighted by Gasteiger charge is -2.18. The molecule has 1 aliphatic rings. The van der Waals surface area contributed by atoms with Crippen LogP contribution < -0.4 is 9.64 Å². The number of hydrogen-bond donors (Lipinski definition) is 0. The van der Waals surface area contributed by atoms with E-state index in [9.17, 15) is 14.4 Å². The minimum atomic E-state index is -0.962. The number of nitrogens with zero attached hydrogens (tertiary/aromatic N) is 1. The molecule has 174 valence electrons. The minimum absolute atomic E-state index is 0.0301. The quantitative estimate of drug-likeness (QED) is 0.327. The molecule has 1 saturated heterocycles. The van der Waals surface area contributed by atoms with Crippen molar-refractivity contribution >= 4 is 34.9 Å². The monoisotopic (exact) mass is 477 g/mol. The number of ether oxygens (including phenoxy) is 2. The zero-order chi connectivity index (χ0) is 24.2. The van der Waals surface area contributed by atoms with E-state index in [-0.39, 0.29) is 24.7 Å². The number of benzene rings is 3. The van der Waals surface area contributed by atoms with Gasteiger partial charge in [-0.1, -0.05) is 29.3 Å². The average molecular weight is 478 g/mol. The van der Waals surface area contributed by atoms with E-state index in [1.807, 2.05) is 31.2 Å². The number of halogens is 1. The van der Waals surface area contributed by atoms with Crippen LogP contribution in [0.1, 0.15) is 29.3 Å². The van der Waals surface area contributed by atoms with E-state index in [1.54, 1.807) is 53.4 Å². The second-order valence-electron chi connectivity index (χ2n) is 8.26. The van der Waals surface area contributed by atoms with Gasteiger partial charge in [-0.05, 0) is 74.5 Å². The van der Waals surface area contributed by atoms with Crippen LogP contribution >= 0.6 is 11.6 Å². The Hall–Kier alpha value is -3.64. The van der Waals surface area contributed by atoms with E-state index < -0.39 is 18.0 Å². The second kappa shape index (κ2) is 10.1. The third-order valence-corrected chi connectivity index (χ3v) is 5.91. The molecule has 7 heteroatoms. The Morgan fingerprint density at radius 1 is 0.941 bits per heavy atom. The summed E-state index contributed by atoms with van der Waals surface area (Å²) < 4.78 is 11.2. The number of carbonyl (C=O) groups is 3. The van der Waals surface area contributed by atoms with Gasteiger partial charge in [0.15, 0.2) is 6.10 Å². The molecule has 0 N–H and O–H groups in total. The summed E-state index contributed by atoms with van der Waals surface area (Å²) in [5.41, 5.74) is 2.22. The Bertz CT molecular complexity index is 1190. The number of aryl methyl sites for hydroxylation is 1. The van der Waals surface area contributed by atoms with E-state index in [1.165, 1.54) is 6.92 Å². The zero-order valence-electron chi connectivity index (χ0n) is 18.9. The highest BCUT2D eigenvalue weighted by molar-refractivity contribution is 6.30. The van der Waals surface area contributed by atoms with Gasteiger partial charge in [-0.25, -0.2) is 0 Å². The largest absolute Gasteiger partial charge is 0.457 e. The van der Waals surface area contributed by atoms with Crippen molar-refractivity contribution < 1.29 is 23.9 Å². The number of amides is 1. The number of esters is 1. The molecule has 6 nitrogen and oxygen atoms in total. The van der Waals surface area contributed by atoms with Gasteiger partial charge in [-0.3, -0.25) is 14.4 Å². The molecule has 3 aromatic carbocycles. The summed E-state index contributed by atoms with van der Waals surface area (Å²) in [5.74, 6) is -0.340. The lowest BCUT2D eigenvalue weighted by Crippen LogP contribution is -2.30. The maximum atomic E-state index is 12.7. The fourth-order valence-electron chi connectivity index (χ4n) is 3.72. The molecule has 1 fully saturated rings. The molecule has 3 aromatic rings. The van der Waals surface area contributed by atoms with Crippen LogP contribution in [-0.4, -0.2) is 30.3 Å². The van der Waals surface area contributed by atoms with Crippen LogP contribution in [0.25, 0.3) is 0 Å². The van der Waals surface area contributed by atoms with E-state index in [0.29, 0.717) is 22.0 Å². The molecular weight excluding hydrogens is 454 g/mol. The molecular formula is C27H24ClNO5. The van der Waals surface area contributed by atoms with E-state index in [0.717, 1.165) is 11.3 Å². The predicted octanol–water partition coefficient (Wildman–Crippen LogP) is 5.61. The van der Waals surface area contributed by atoms with Crippen LogP contribution in [0.15, 0.2) is 72.8 Å². The van der Waals surface area contributed by atoms with Gasteiger partial charge >= 0.3 is 5.97 Å². The normalized spacial score (nSPS) is 16.3. The lowest BCUT2D eigenvalue weighted by atomic mass is 10.1. The molecule has 1 aliphatic heterocycles. The highest BCUT2D eigenvalue weighted by atomic mass is 35.5. The molecule has 0 radical (unpaired) electrons. The molecule has 0 spiro atoms. The van der Waals surface area contributed by atoms with E-state index in [2.05, 4.69) is 0 Å². The molecule has 0 unspecified atom stereocenters. The summed E-state index contributed by atoms with van der Waals surface area (Å²) >= 11 is 5.85. The lowest BCUT2D eigenvalue weighted by molar-refractivity contribution is -0.151. The Kier molecular flexibility index (Phi) is 6.98. The first-order chi connectivity index (χ1) is 16.3. The number of rotatable bonds is 7. The summed E-state index contributed by atoms with van der Waals surface area (Å²) in [7, 11) is 0. The second-order valence-corrected chi connectivity index (χ2v) is 8.70. The Labute approximate surface area is 203 Å². The molecule has 34 heavy (non-hydrogen) atoms. The van der Waals surface area contributed by atoms with E-state index in [4.69, 9.17) is 21.1 Å². The molecule has 1 heterocycles. The van der Waals surface area contributed by atoms with Gasteiger partial charge in [-0.15, -0.1) is 0 Å². The molecule has 1 amide bonds. The van der Waals surface area contributed by atoms with Crippen LogP contribution in [0.2, 0.25) is 5.02 Å². The molecule has 2 atom stereocenters. The van der Waals surface area contributed by atoms with Crippen molar-refractivity contribution in [2.45, 2.75) is 26.4 Å².